The summed E-state index contributed by atoms with van der Waals surface area (Å²) in [6, 6.07) is 3.82. The lowest BCUT2D eigenvalue weighted by Crippen LogP contribution is -2.10. The second-order valence-electron chi connectivity index (χ2n) is 5.83. The molecule has 3 heterocycles. The number of nitrogens with zero attached hydrogens (tertiary/aromatic N) is 6. The third kappa shape index (κ3) is 3.61. The van der Waals surface area contributed by atoms with Crippen LogP contribution in [0.3, 0.4) is 0 Å². The zero-order valence-corrected chi connectivity index (χ0v) is 14.9. The van der Waals surface area contributed by atoms with Crippen molar-refractivity contribution in [1.82, 2.24) is 24.9 Å². The van der Waals surface area contributed by atoms with E-state index in [0.717, 1.165) is 16.7 Å². The van der Waals surface area contributed by atoms with Gasteiger partial charge in [-0.25, -0.2) is 0 Å². The lowest BCUT2D eigenvalue weighted by molar-refractivity contribution is 0.390. The third-order valence-electron chi connectivity index (χ3n) is 3.34. The van der Waals surface area contributed by atoms with Gasteiger partial charge in [-0.15, -0.1) is 10.2 Å². The Morgan fingerprint density at radius 3 is 2.75 bits per heavy atom. The van der Waals surface area contributed by atoms with Gasteiger partial charge in [0.25, 0.3) is 5.95 Å². The number of thioether (sulfide) groups is 1. The standard InChI is InChI=1S/C15H20N6O2S/c1-10(2)13-17-18-15(21(13)8-11-6-5-7-22-11)24-9-12-16-14(19-23-12)20(3)4/h5-7,10H,8-9H2,1-4H3. The quantitative estimate of drug-likeness (QED) is 0.603. The van der Waals surface area contributed by atoms with E-state index in [1.165, 1.54) is 11.8 Å². The van der Waals surface area contributed by atoms with Crippen LogP contribution in [0.5, 0.6) is 0 Å². The van der Waals surface area contributed by atoms with Crippen LogP contribution in [-0.2, 0) is 12.3 Å². The summed E-state index contributed by atoms with van der Waals surface area (Å²) in [7, 11) is 3.74. The number of hydrogen-bond donors (Lipinski definition) is 0. The molecular weight excluding hydrogens is 328 g/mol. The van der Waals surface area contributed by atoms with Gasteiger partial charge in [0.2, 0.25) is 5.89 Å². The predicted octanol–water partition coefficient (Wildman–Crippen LogP) is 2.78. The Morgan fingerprint density at radius 2 is 2.12 bits per heavy atom. The van der Waals surface area contributed by atoms with E-state index < -0.39 is 0 Å². The fourth-order valence-corrected chi connectivity index (χ4v) is 2.94. The smallest absolute Gasteiger partial charge is 0.265 e. The minimum Gasteiger partial charge on any atom is -0.467 e. The molecule has 9 heteroatoms. The summed E-state index contributed by atoms with van der Waals surface area (Å²) in [5.41, 5.74) is 0. The van der Waals surface area contributed by atoms with Crippen molar-refractivity contribution in [3.05, 3.63) is 35.9 Å². The van der Waals surface area contributed by atoms with Crippen LogP contribution >= 0.6 is 11.8 Å². The van der Waals surface area contributed by atoms with Gasteiger partial charge >= 0.3 is 0 Å². The molecule has 0 fully saturated rings. The number of furan rings is 1. The highest BCUT2D eigenvalue weighted by Crippen LogP contribution is 2.25. The van der Waals surface area contributed by atoms with Gasteiger partial charge in [0, 0.05) is 20.0 Å². The Bertz CT molecular complexity index is 778. The van der Waals surface area contributed by atoms with E-state index in [1.54, 1.807) is 11.2 Å². The van der Waals surface area contributed by atoms with E-state index in [2.05, 4.69) is 38.8 Å². The van der Waals surface area contributed by atoms with E-state index in [0.29, 0.717) is 24.1 Å². The Kier molecular flexibility index (Phi) is 4.89. The molecule has 0 spiro atoms. The van der Waals surface area contributed by atoms with Crippen LogP contribution in [0, 0.1) is 0 Å². The number of anilines is 1. The number of hydrogen-bond acceptors (Lipinski definition) is 8. The molecule has 3 aromatic heterocycles. The maximum atomic E-state index is 5.46. The van der Waals surface area contributed by atoms with Gasteiger partial charge in [0.1, 0.15) is 11.6 Å². The summed E-state index contributed by atoms with van der Waals surface area (Å²) in [4.78, 5) is 6.12. The highest BCUT2D eigenvalue weighted by Gasteiger charge is 2.18. The molecule has 3 aromatic rings. The monoisotopic (exact) mass is 348 g/mol. The van der Waals surface area contributed by atoms with E-state index in [1.807, 2.05) is 26.2 Å². The summed E-state index contributed by atoms with van der Waals surface area (Å²) in [6.07, 6.45) is 1.67. The molecular formula is C15H20N6O2S. The Hall–Kier alpha value is -2.29. The lowest BCUT2D eigenvalue weighted by Gasteiger charge is -2.10. The summed E-state index contributed by atoms with van der Waals surface area (Å²) < 4.78 is 12.8. The Morgan fingerprint density at radius 1 is 1.29 bits per heavy atom. The molecule has 0 amide bonds. The van der Waals surface area contributed by atoms with Crippen LogP contribution < -0.4 is 4.90 Å². The van der Waals surface area contributed by atoms with Crippen molar-refractivity contribution < 1.29 is 8.94 Å². The average molecular weight is 348 g/mol. The molecule has 0 saturated heterocycles. The van der Waals surface area contributed by atoms with Gasteiger partial charge in [-0.05, 0) is 17.3 Å². The van der Waals surface area contributed by atoms with Gasteiger partial charge in [-0.1, -0.05) is 25.6 Å². The largest absolute Gasteiger partial charge is 0.467 e. The minimum absolute atomic E-state index is 0.269. The molecule has 0 saturated carbocycles. The van der Waals surface area contributed by atoms with E-state index in [9.17, 15) is 0 Å². The molecule has 8 nitrogen and oxygen atoms in total. The SMILES string of the molecule is CC(C)c1nnc(SCc2nc(N(C)C)no2)n1Cc1ccco1. The first kappa shape index (κ1) is 16.6. The third-order valence-corrected chi connectivity index (χ3v) is 4.29. The van der Waals surface area contributed by atoms with Gasteiger partial charge in [-0.2, -0.15) is 4.98 Å². The minimum atomic E-state index is 0.269. The molecule has 3 rings (SSSR count). The Balaban J connectivity index is 1.76. The summed E-state index contributed by atoms with van der Waals surface area (Å²) >= 11 is 1.52. The van der Waals surface area contributed by atoms with Gasteiger partial charge in [0.05, 0.1) is 18.6 Å². The van der Waals surface area contributed by atoms with Gasteiger partial charge < -0.3 is 13.8 Å². The number of rotatable bonds is 7. The maximum Gasteiger partial charge on any atom is 0.265 e. The molecule has 0 aliphatic heterocycles. The fourth-order valence-electron chi connectivity index (χ4n) is 2.15. The van der Waals surface area contributed by atoms with Crippen molar-refractivity contribution in [2.45, 2.75) is 37.2 Å². The second-order valence-corrected chi connectivity index (χ2v) is 6.77. The molecule has 24 heavy (non-hydrogen) atoms. The highest BCUT2D eigenvalue weighted by molar-refractivity contribution is 7.98. The molecule has 0 radical (unpaired) electrons. The summed E-state index contributed by atoms with van der Waals surface area (Å²) in [5, 5.41) is 13.3. The number of aromatic nitrogens is 5. The van der Waals surface area contributed by atoms with Crippen molar-refractivity contribution in [1.29, 1.82) is 0 Å². The van der Waals surface area contributed by atoms with Crippen molar-refractivity contribution in [3.8, 4) is 0 Å². The Labute approximate surface area is 144 Å². The maximum absolute atomic E-state index is 5.46. The molecule has 0 aliphatic carbocycles. The second kappa shape index (κ2) is 7.08. The predicted molar refractivity (Wildman–Crippen MR) is 90.1 cm³/mol. The summed E-state index contributed by atoms with van der Waals surface area (Å²) in [6.45, 7) is 4.79. The molecule has 0 aromatic carbocycles. The molecule has 0 atom stereocenters. The first-order valence-corrected chi connectivity index (χ1v) is 8.61. The summed E-state index contributed by atoms with van der Waals surface area (Å²) in [5.74, 6) is 3.72. The average Bonchev–Trinajstić information content (AvgIpc) is 3.26. The van der Waals surface area contributed by atoms with Crippen LogP contribution in [0.25, 0.3) is 0 Å². The van der Waals surface area contributed by atoms with Gasteiger partial charge in [0.15, 0.2) is 5.16 Å². The normalized spacial score (nSPS) is 11.4. The van der Waals surface area contributed by atoms with Crippen LogP contribution in [0.4, 0.5) is 5.95 Å². The lowest BCUT2D eigenvalue weighted by atomic mass is 10.2. The zero-order valence-electron chi connectivity index (χ0n) is 14.1. The topological polar surface area (TPSA) is 86.0 Å². The van der Waals surface area contributed by atoms with Crippen molar-refractivity contribution in [2.75, 3.05) is 19.0 Å². The van der Waals surface area contributed by atoms with Crippen LogP contribution in [0.15, 0.2) is 32.5 Å². The molecule has 0 unspecified atom stereocenters. The van der Waals surface area contributed by atoms with Crippen molar-refractivity contribution >= 4 is 17.7 Å². The molecule has 128 valence electrons. The van der Waals surface area contributed by atoms with Crippen molar-refractivity contribution in [2.24, 2.45) is 0 Å². The fraction of sp³-hybridized carbons (Fsp3) is 0.467. The van der Waals surface area contributed by atoms with Crippen LogP contribution in [-0.4, -0.2) is 39.0 Å². The van der Waals surface area contributed by atoms with E-state index >= 15 is 0 Å². The van der Waals surface area contributed by atoms with E-state index in [-0.39, 0.29) is 5.92 Å². The van der Waals surface area contributed by atoms with Crippen molar-refractivity contribution in [3.63, 3.8) is 0 Å². The molecule has 0 N–H and O–H groups in total. The molecule has 0 bridgehead atoms. The van der Waals surface area contributed by atoms with Gasteiger partial charge in [-0.3, -0.25) is 4.57 Å². The first-order chi connectivity index (χ1) is 11.5. The van der Waals surface area contributed by atoms with Crippen LogP contribution in [0.2, 0.25) is 0 Å². The van der Waals surface area contributed by atoms with E-state index in [4.69, 9.17) is 8.94 Å². The molecule has 0 aliphatic rings. The van der Waals surface area contributed by atoms with Crippen LogP contribution in [0.1, 0.15) is 37.2 Å². The highest BCUT2D eigenvalue weighted by atomic mass is 32.2. The first-order valence-electron chi connectivity index (χ1n) is 7.62. The zero-order chi connectivity index (χ0) is 17.1.